The van der Waals surface area contributed by atoms with E-state index in [0.717, 1.165) is 11.1 Å². The van der Waals surface area contributed by atoms with Crippen LogP contribution in [0.3, 0.4) is 0 Å². The van der Waals surface area contributed by atoms with E-state index >= 15 is 0 Å². The second kappa shape index (κ2) is 6.51. The Morgan fingerprint density at radius 1 is 1.38 bits per heavy atom. The molecule has 2 nitrogen and oxygen atoms in total. The Hall–Kier alpha value is -1.96. The maximum Gasteiger partial charge on any atom is 0.110 e. The Balaban J connectivity index is 3.01. The average Bonchev–Trinajstić information content (AvgIpc) is 2.29. The van der Waals surface area contributed by atoms with Gasteiger partial charge in [-0.2, -0.15) is 0 Å². The molecule has 16 heavy (non-hydrogen) atoms. The van der Waals surface area contributed by atoms with Crippen molar-refractivity contribution in [3.05, 3.63) is 60.3 Å². The van der Waals surface area contributed by atoms with E-state index in [1.807, 2.05) is 24.3 Å². The van der Waals surface area contributed by atoms with Gasteiger partial charge in [-0.3, -0.25) is 4.99 Å². The molecule has 0 fully saturated rings. The molecule has 0 aromatic rings. The topological polar surface area (TPSA) is 24.7 Å². The van der Waals surface area contributed by atoms with Crippen LogP contribution in [0.2, 0.25) is 0 Å². The summed E-state index contributed by atoms with van der Waals surface area (Å²) in [5, 5.41) is 0. The highest BCUT2D eigenvalue weighted by molar-refractivity contribution is 5.87. The number of aliphatic imine (C=N–C) groups is 2. The molecule has 82 valence electrons. The van der Waals surface area contributed by atoms with Crippen molar-refractivity contribution in [1.82, 2.24) is 0 Å². The van der Waals surface area contributed by atoms with Crippen LogP contribution in [0.25, 0.3) is 0 Å². The molecule has 1 aliphatic heterocycles. The van der Waals surface area contributed by atoms with Crippen LogP contribution in [0.15, 0.2) is 70.2 Å². The van der Waals surface area contributed by atoms with Crippen molar-refractivity contribution < 1.29 is 0 Å². The van der Waals surface area contributed by atoms with Gasteiger partial charge in [0.25, 0.3) is 0 Å². The quantitative estimate of drug-likeness (QED) is 0.628. The largest absolute Gasteiger partial charge is 0.269 e. The number of allylic oxidation sites excluding steroid dienone is 6. The summed E-state index contributed by atoms with van der Waals surface area (Å²) in [6, 6.07) is 0. The van der Waals surface area contributed by atoms with Gasteiger partial charge in [-0.1, -0.05) is 43.5 Å². The summed E-state index contributed by atoms with van der Waals surface area (Å²) >= 11 is 0. The van der Waals surface area contributed by atoms with Crippen molar-refractivity contribution in [1.29, 1.82) is 0 Å². The molecule has 0 aromatic heterocycles. The molecule has 0 aromatic carbocycles. The molecule has 0 radical (unpaired) electrons. The third-order valence-corrected chi connectivity index (χ3v) is 2.14. The molecule has 0 spiro atoms. The van der Waals surface area contributed by atoms with Crippen molar-refractivity contribution in [2.75, 3.05) is 6.54 Å². The van der Waals surface area contributed by atoms with E-state index < -0.39 is 0 Å². The molecule has 0 saturated carbocycles. The number of hydrogen-bond acceptors (Lipinski definition) is 2. The summed E-state index contributed by atoms with van der Waals surface area (Å²) in [7, 11) is 0. The van der Waals surface area contributed by atoms with Crippen LogP contribution in [-0.4, -0.2) is 19.1 Å². The highest BCUT2D eigenvalue weighted by Crippen LogP contribution is 2.10. The van der Waals surface area contributed by atoms with Crippen molar-refractivity contribution in [2.24, 2.45) is 9.98 Å². The highest BCUT2D eigenvalue weighted by Gasteiger charge is 1.96. The molecular formula is C14H16N2. The normalized spacial score (nSPS) is 23.7. The van der Waals surface area contributed by atoms with Crippen LogP contribution in [0.1, 0.15) is 6.92 Å². The smallest absolute Gasteiger partial charge is 0.110 e. The fourth-order valence-electron chi connectivity index (χ4n) is 1.19. The fourth-order valence-corrected chi connectivity index (χ4v) is 1.19. The van der Waals surface area contributed by atoms with Gasteiger partial charge in [0.1, 0.15) is 6.34 Å². The lowest BCUT2D eigenvalue weighted by molar-refractivity contribution is 1.15. The van der Waals surface area contributed by atoms with E-state index in [4.69, 9.17) is 0 Å². The molecule has 2 heteroatoms. The lowest BCUT2D eigenvalue weighted by Gasteiger charge is -2.02. The van der Waals surface area contributed by atoms with E-state index in [2.05, 4.69) is 30.1 Å². The summed E-state index contributed by atoms with van der Waals surface area (Å²) in [4.78, 5) is 8.23. The van der Waals surface area contributed by atoms with Gasteiger partial charge in [-0.25, -0.2) is 4.99 Å². The number of nitrogens with zero attached hydrogens (tertiary/aromatic N) is 2. The first-order valence-corrected chi connectivity index (χ1v) is 5.11. The number of rotatable bonds is 2. The molecular weight excluding hydrogens is 196 g/mol. The van der Waals surface area contributed by atoms with Gasteiger partial charge in [-0.05, 0) is 23.6 Å². The van der Waals surface area contributed by atoms with Crippen molar-refractivity contribution >= 4 is 12.6 Å². The first-order chi connectivity index (χ1) is 7.74. The minimum Gasteiger partial charge on any atom is -0.269 e. The Kier molecular flexibility index (Phi) is 4.93. The van der Waals surface area contributed by atoms with Crippen molar-refractivity contribution in [3.8, 4) is 0 Å². The molecule has 0 aliphatic carbocycles. The van der Waals surface area contributed by atoms with E-state index in [-0.39, 0.29) is 0 Å². The van der Waals surface area contributed by atoms with Gasteiger partial charge in [0.2, 0.25) is 0 Å². The predicted molar refractivity (Wildman–Crippen MR) is 72.2 cm³/mol. The zero-order chi connectivity index (χ0) is 11.8. The van der Waals surface area contributed by atoms with Crippen LogP contribution in [0.5, 0.6) is 0 Å². The van der Waals surface area contributed by atoms with Gasteiger partial charge < -0.3 is 0 Å². The lowest BCUT2D eigenvalue weighted by atomic mass is 10.1. The van der Waals surface area contributed by atoms with Crippen LogP contribution >= 0.6 is 0 Å². The van der Waals surface area contributed by atoms with Gasteiger partial charge >= 0.3 is 0 Å². The summed E-state index contributed by atoms with van der Waals surface area (Å²) < 4.78 is 0. The molecule has 1 heterocycles. The van der Waals surface area contributed by atoms with Crippen LogP contribution in [0.4, 0.5) is 0 Å². The maximum atomic E-state index is 4.21. The summed E-state index contributed by atoms with van der Waals surface area (Å²) in [5.41, 5.74) is 3.18. The fraction of sp³-hybridized carbons (Fsp3) is 0.143. The lowest BCUT2D eigenvalue weighted by Crippen LogP contribution is -1.91. The molecule has 1 rings (SSSR count). The van der Waals surface area contributed by atoms with E-state index in [1.165, 1.54) is 5.57 Å². The minimum atomic E-state index is 0.629. The van der Waals surface area contributed by atoms with E-state index in [0.29, 0.717) is 6.54 Å². The molecule has 0 N–H and O–H groups in total. The zero-order valence-electron chi connectivity index (χ0n) is 9.56. The Morgan fingerprint density at radius 2 is 2.19 bits per heavy atom. The average molecular weight is 212 g/mol. The molecule has 0 amide bonds. The molecule has 0 unspecified atom stereocenters. The van der Waals surface area contributed by atoms with Gasteiger partial charge in [0, 0.05) is 6.21 Å². The third-order valence-electron chi connectivity index (χ3n) is 2.14. The number of hydrogen-bond donors (Lipinski definition) is 0. The first kappa shape index (κ1) is 12.1. The third kappa shape index (κ3) is 4.05. The second-order valence-electron chi connectivity index (χ2n) is 3.45. The molecule has 0 atom stereocenters. The SMILES string of the molecule is C=C\C=C/C1=C(C)/C=C\C(=C)C=NC=NC1. The molecule has 0 bridgehead atoms. The van der Waals surface area contributed by atoms with Crippen LogP contribution in [-0.2, 0) is 0 Å². The predicted octanol–water partition coefficient (Wildman–Crippen LogP) is 3.27. The monoisotopic (exact) mass is 212 g/mol. The Morgan fingerprint density at radius 3 is 2.94 bits per heavy atom. The van der Waals surface area contributed by atoms with Gasteiger partial charge in [0.05, 0.1) is 6.54 Å². The molecule has 1 aliphatic rings. The van der Waals surface area contributed by atoms with Crippen LogP contribution < -0.4 is 0 Å². The van der Waals surface area contributed by atoms with Gasteiger partial charge in [-0.15, -0.1) is 0 Å². The zero-order valence-corrected chi connectivity index (χ0v) is 9.56. The van der Waals surface area contributed by atoms with E-state index in [1.54, 1.807) is 18.6 Å². The Labute approximate surface area is 96.8 Å². The second-order valence-corrected chi connectivity index (χ2v) is 3.45. The maximum absolute atomic E-state index is 4.21. The summed E-state index contributed by atoms with van der Waals surface area (Å²) in [6.07, 6.45) is 12.9. The van der Waals surface area contributed by atoms with Gasteiger partial charge in [0.15, 0.2) is 0 Å². The van der Waals surface area contributed by atoms with Crippen molar-refractivity contribution in [3.63, 3.8) is 0 Å². The van der Waals surface area contributed by atoms with E-state index in [9.17, 15) is 0 Å². The minimum absolute atomic E-state index is 0.629. The van der Waals surface area contributed by atoms with Crippen molar-refractivity contribution in [2.45, 2.75) is 6.92 Å². The molecule has 0 saturated heterocycles. The summed E-state index contributed by atoms with van der Waals surface area (Å²) in [6.45, 7) is 10.2. The standard InChI is InChI=1S/C14H16N2/c1-4-5-6-14-10-16-11-15-9-12(2)7-8-13(14)3/h4-9,11H,1-2,10H2,3H3/b6-5-,8-7-,14-13-,15-9?,16-11?. The first-order valence-electron chi connectivity index (χ1n) is 5.11. The highest BCUT2D eigenvalue weighted by atomic mass is 14.8. The summed E-state index contributed by atoms with van der Waals surface area (Å²) in [5.74, 6) is 0. The van der Waals surface area contributed by atoms with Crippen LogP contribution in [0, 0.1) is 0 Å². The Bertz CT molecular complexity index is 418.